The number of nitrogens with two attached hydrogens (primary N) is 1. The van der Waals surface area contributed by atoms with Gasteiger partial charge in [-0.1, -0.05) is 11.6 Å². The van der Waals surface area contributed by atoms with E-state index in [4.69, 9.17) is 17.3 Å². The molecule has 2 heterocycles. The van der Waals surface area contributed by atoms with E-state index in [1.54, 1.807) is 6.07 Å². The molecule has 1 aliphatic rings. The molecule has 1 saturated heterocycles. The predicted octanol–water partition coefficient (Wildman–Crippen LogP) is 2.63. The minimum Gasteiger partial charge on any atom is -0.338 e. The summed E-state index contributed by atoms with van der Waals surface area (Å²) in [4.78, 5) is 14.6. The van der Waals surface area contributed by atoms with E-state index in [0.717, 1.165) is 19.5 Å². The van der Waals surface area contributed by atoms with Crippen molar-refractivity contribution in [2.75, 3.05) is 13.1 Å². The maximum absolute atomic E-state index is 12.1. The average molecular weight is 295 g/mol. The Morgan fingerprint density at radius 1 is 1.71 bits per heavy atom. The van der Waals surface area contributed by atoms with Crippen molar-refractivity contribution in [2.24, 2.45) is 11.7 Å². The lowest BCUT2D eigenvalue weighted by atomic mass is 10.0. The van der Waals surface area contributed by atoms with Gasteiger partial charge in [0.2, 0.25) is 0 Å². The molecule has 0 aliphatic carbocycles. The van der Waals surface area contributed by atoms with Crippen LogP contribution in [-0.4, -0.2) is 29.9 Å². The largest absolute Gasteiger partial charge is 0.338 e. The fraction of sp³-hybridized carbons (Fsp3) is 0.545. The van der Waals surface area contributed by atoms with Crippen LogP contribution in [0, 0.1) is 5.92 Å². The molecule has 3 nitrogen and oxygen atoms in total. The molecule has 1 fully saturated rings. The number of hydrogen-bond acceptors (Lipinski definition) is 3. The minimum atomic E-state index is 0. The van der Waals surface area contributed by atoms with E-state index in [-0.39, 0.29) is 24.4 Å². The third kappa shape index (κ3) is 3.13. The molecular weight excluding hydrogens is 279 g/mol. The first-order valence-corrected chi connectivity index (χ1v) is 6.63. The quantitative estimate of drug-likeness (QED) is 0.911. The van der Waals surface area contributed by atoms with Gasteiger partial charge in [0.25, 0.3) is 5.91 Å². The van der Waals surface area contributed by atoms with Gasteiger partial charge in [-0.05, 0) is 30.7 Å². The van der Waals surface area contributed by atoms with Crippen molar-refractivity contribution in [1.82, 2.24) is 4.90 Å². The van der Waals surface area contributed by atoms with Gasteiger partial charge < -0.3 is 10.6 Å². The highest BCUT2D eigenvalue weighted by Crippen LogP contribution is 2.27. The Labute approximate surface area is 116 Å². The Balaban J connectivity index is 0.00000144. The summed E-state index contributed by atoms with van der Waals surface area (Å²) in [6.45, 7) is 3.54. The van der Waals surface area contributed by atoms with Crippen molar-refractivity contribution in [3.05, 3.63) is 21.3 Å². The van der Waals surface area contributed by atoms with Crippen LogP contribution in [0.2, 0.25) is 5.02 Å². The lowest BCUT2D eigenvalue weighted by Gasteiger charge is -2.17. The van der Waals surface area contributed by atoms with E-state index in [2.05, 4.69) is 0 Å². The first kappa shape index (κ1) is 14.8. The summed E-state index contributed by atoms with van der Waals surface area (Å²) in [7, 11) is 0. The van der Waals surface area contributed by atoms with Crippen molar-refractivity contribution < 1.29 is 4.79 Å². The predicted molar refractivity (Wildman–Crippen MR) is 74.2 cm³/mol. The number of hydrogen-bond donors (Lipinski definition) is 1. The molecule has 96 valence electrons. The van der Waals surface area contributed by atoms with Crippen LogP contribution < -0.4 is 5.73 Å². The number of nitrogens with zero attached hydrogens (tertiary/aromatic N) is 1. The molecule has 1 aromatic rings. The molecule has 2 unspecified atom stereocenters. The Hall–Kier alpha value is -0.290. The van der Waals surface area contributed by atoms with Gasteiger partial charge in [-0.25, -0.2) is 0 Å². The lowest BCUT2D eigenvalue weighted by Crippen LogP contribution is -2.32. The molecule has 0 saturated carbocycles. The summed E-state index contributed by atoms with van der Waals surface area (Å²) in [5.74, 6) is 0.464. The first-order chi connectivity index (χ1) is 7.59. The number of likely N-dealkylation sites (tertiary alicyclic amines) is 1. The van der Waals surface area contributed by atoms with Gasteiger partial charge in [-0.15, -0.1) is 23.7 Å². The minimum absolute atomic E-state index is 0. The van der Waals surface area contributed by atoms with Gasteiger partial charge in [0, 0.05) is 19.1 Å². The molecule has 2 rings (SSSR count). The van der Waals surface area contributed by atoms with Crippen LogP contribution in [0.3, 0.4) is 0 Å². The molecule has 2 N–H and O–H groups in total. The zero-order valence-corrected chi connectivity index (χ0v) is 11.9. The van der Waals surface area contributed by atoms with Gasteiger partial charge in [0.1, 0.15) is 4.88 Å². The maximum atomic E-state index is 12.1. The van der Waals surface area contributed by atoms with E-state index in [1.807, 2.05) is 17.2 Å². The van der Waals surface area contributed by atoms with E-state index in [1.165, 1.54) is 11.3 Å². The number of carbonyl (C=O) groups excluding carboxylic acids is 1. The zero-order valence-electron chi connectivity index (χ0n) is 9.56. The number of halogens is 2. The summed E-state index contributed by atoms with van der Waals surface area (Å²) < 4.78 is 0. The third-order valence-corrected chi connectivity index (χ3v) is 4.40. The third-order valence-electron chi connectivity index (χ3n) is 3.07. The van der Waals surface area contributed by atoms with Crippen molar-refractivity contribution in [1.29, 1.82) is 0 Å². The number of rotatable bonds is 2. The molecular formula is C11H16Cl2N2OS. The highest BCUT2D eigenvalue weighted by atomic mass is 35.5. The summed E-state index contributed by atoms with van der Waals surface area (Å²) in [6.07, 6.45) is 0.992. The van der Waals surface area contributed by atoms with Gasteiger partial charge in [-0.2, -0.15) is 0 Å². The number of thiophene rings is 1. The summed E-state index contributed by atoms with van der Waals surface area (Å²) >= 11 is 7.35. The summed E-state index contributed by atoms with van der Waals surface area (Å²) in [5, 5.41) is 2.40. The zero-order chi connectivity index (χ0) is 11.7. The van der Waals surface area contributed by atoms with Crippen molar-refractivity contribution >= 4 is 41.3 Å². The van der Waals surface area contributed by atoms with Crippen LogP contribution in [-0.2, 0) is 0 Å². The van der Waals surface area contributed by atoms with Gasteiger partial charge in [0.15, 0.2) is 0 Å². The Morgan fingerprint density at radius 3 is 2.88 bits per heavy atom. The molecule has 0 radical (unpaired) electrons. The molecule has 1 amide bonds. The fourth-order valence-corrected chi connectivity index (χ4v) is 3.09. The molecule has 1 aromatic heterocycles. The Morgan fingerprint density at radius 2 is 2.41 bits per heavy atom. The van der Waals surface area contributed by atoms with Crippen LogP contribution in [0.5, 0.6) is 0 Å². The second-order valence-corrected chi connectivity index (χ2v) is 5.58. The summed E-state index contributed by atoms with van der Waals surface area (Å²) in [5.41, 5.74) is 5.85. The molecule has 6 heteroatoms. The van der Waals surface area contributed by atoms with E-state index in [0.29, 0.717) is 15.8 Å². The van der Waals surface area contributed by atoms with Crippen molar-refractivity contribution in [3.63, 3.8) is 0 Å². The van der Waals surface area contributed by atoms with Gasteiger partial charge in [-0.3, -0.25) is 4.79 Å². The van der Waals surface area contributed by atoms with Crippen molar-refractivity contribution in [3.8, 4) is 0 Å². The van der Waals surface area contributed by atoms with E-state index in [9.17, 15) is 4.79 Å². The van der Waals surface area contributed by atoms with E-state index >= 15 is 0 Å². The Kier molecular flexibility index (Phi) is 5.25. The topological polar surface area (TPSA) is 46.3 Å². The molecule has 0 aromatic carbocycles. The second-order valence-electron chi connectivity index (χ2n) is 4.26. The maximum Gasteiger partial charge on any atom is 0.265 e. The first-order valence-electron chi connectivity index (χ1n) is 5.37. The van der Waals surface area contributed by atoms with Crippen LogP contribution >= 0.6 is 35.3 Å². The highest BCUT2D eigenvalue weighted by molar-refractivity contribution is 7.12. The number of carbonyl (C=O) groups is 1. The Bertz CT molecular complexity index is 395. The monoisotopic (exact) mass is 294 g/mol. The molecule has 17 heavy (non-hydrogen) atoms. The fourth-order valence-electron chi connectivity index (χ4n) is 1.99. The average Bonchev–Trinajstić information content (AvgIpc) is 2.84. The van der Waals surface area contributed by atoms with E-state index < -0.39 is 0 Å². The van der Waals surface area contributed by atoms with Gasteiger partial charge in [0.05, 0.1) is 5.02 Å². The smallest absolute Gasteiger partial charge is 0.265 e. The van der Waals surface area contributed by atoms with Crippen LogP contribution in [0.1, 0.15) is 23.0 Å². The summed E-state index contributed by atoms with van der Waals surface area (Å²) in [6, 6.07) is 1.91. The molecule has 1 aliphatic heterocycles. The molecule has 0 bridgehead atoms. The number of amides is 1. The SMILES string of the molecule is CC(N)C1CCN(C(=O)c2sccc2Cl)C1.Cl. The highest BCUT2D eigenvalue weighted by Gasteiger charge is 2.30. The van der Waals surface area contributed by atoms with Gasteiger partial charge >= 0.3 is 0 Å². The second kappa shape index (κ2) is 6.05. The van der Waals surface area contributed by atoms with Crippen molar-refractivity contribution in [2.45, 2.75) is 19.4 Å². The van der Waals surface area contributed by atoms with Crippen LogP contribution in [0.4, 0.5) is 0 Å². The standard InChI is InChI=1S/C11H15ClN2OS.ClH/c1-7(13)8-2-4-14(6-8)11(15)10-9(12)3-5-16-10;/h3,5,7-8H,2,4,6,13H2,1H3;1H. The van der Waals surface area contributed by atoms with Crippen LogP contribution in [0.15, 0.2) is 11.4 Å². The molecule has 0 spiro atoms. The van der Waals surface area contributed by atoms with Crippen LogP contribution in [0.25, 0.3) is 0 Å². The molecule has 2 atom stereocenters. The lowest BCUT2D eigenvalue weighted by molar-refractivity contribution is 0.0791. The normalized spacial score (nSPS) is 21.1.